The third-order valence-corrected chi connectivity index (χ3v) is 28.4. The number of allylic oxidation sites excluding steroid dienone is 2. The van der Waals surface area contributed by atoms with Crippen LogP contribution in [0.15, 0.2) is 256 Å². The number of halogens is 5. The van der Waals surface area contributed by atoms with Crippen molar-refractivity contribution >= 4 is 172 Å². The van der Waals surface area contributed by atoms with Crippen LogP contribution in [0.2, 0.25) is 25.7 Å². The number of nitrogens with two attached hydrogens (primary N) is 1. The summed E-state index contributed by atoms with van der Waals surface area (Å²) in [5, 5.41) is 120. The number of phenols is 7. The van der Waals surface area contributed by atoms with Crippen LogP contribution in [0.25, 0.3) is 68.4 Å². The second-order valence-electron chi connectivity index (χ2n) is 32.6. The zero-order valence-corrected chi connectivity index (χ0v) is 90.1. The number of nitro groups is 1. The number of aryl methyl sites for hydroxylation is 3. The van der Waals surface area contributed by atoms with Gasteiger partial charge in [-0.05, 0) is 355 Å². The number of aliphatic hydroxyl groups excluding tert-OH is 3. The molecule has 0 fully saturated rings. The molecule has 0 unspecified atom stereocenters. The number of nitrogens with zero attached hydrogens (tertiary/aromatic N) is 4. The normalized spacial score (nSPS) is 10.7. The van der Waals surface area contributed by atoms with E-state index in [2.05, 4.69) is 242 Å². The Bertz CT molecular complexity index is 6190. The lowest BCUT2D eigenvalue weighted by Gasteiger charge is -2.15. The number of anilines is 1. The quantitative estimate of drug-likeness (QED) is 0.00333. The Kier molecular flexibility index (Phi) is 49.9. The van der Waals surface area contributed by atoms with E-state index in [-0.39, 0.29) is 37.0 Å². The van der Waals surface area contributed by atoms with Gasteiger partial charge < -0.3 is 66.3 Å². The van der Waals surface area contributed by atoms with E-state index in [1.54, 1.807) is 49.4 Å². The van der Waals surface area contributed by atoms with Crippen molar-refractivity contribution in [2.75, 3.05) is 44.1 Å². The fraction of sp³-hybridized carbons (Fsp3) is 0.236. The summed E-state index contributed by atoms with van der Waals surface area (Å²) < 4.78 is 17.9. The number of hydrogen-bond acceptors (Lipinski definition) is 17. The van der Waals surface area contributed by atoms with Gasteiger partial charge in [0.05, 0.1) is 32.9 Å². The first-order valence-electron chi connectivity index (χ1n) is 44.1. The molecule has 0 atom stereocenters. The molecule has 2 heterocycles. The zero-order valence-electron chi connectivity index (χ0n) is 78.9. The van der Waals surface area contributed by atoms with Crippen molar-refractivity contribution in [3.8, 4) is 68.2 Å². The average molecular weight is 2370 g/mol. The smallest absolute Gasteiger partial charge is 0.275 e. The van der Waals surface area contributed by atoms with E-state index in [9.17, 15) is 30.5 Å². The number of aromatic amines is 1. The summed E-state index contributed by atoms with van der Waals surface area (Å²) in [7, 11) is -1.16. The van der Waals surface area contributed by atoms with Crippen molar-refractivity contribution in [3.05, 3.63) is 370 Å². The Hall–Kier alpha value is -10.7. The largest absolute Gasteiger partial charge is 0.508 e. The zero-order chi connectivity index (χ0) is 100. The first-order chi connectivity index (χ1) is 65.0. The molecule has 0 saturated carbocycles. The number of aromatic hydroxyl groups is 7. The lowest BCUT2D eigenvalue weighted by molar-refractivity contribution is -0.385. The summed E-state index contributed by atoms with van der Waals surface area (Å²) in [5.41, 5.74) is 26.5. The van der Waals surface area contributed by atoms with E-state index in [1.165, 1.54) is 34.3 Å². The number of hydrogen-bond donors (Lipinski definition) is 12. The number of nitro benzene ring substituents is 1. The van der Waals surface area contributed by atoms with Crippen LogP contribution in [-0.2, 0) is 37.2 Å². The highest BCUT2D eigenvalue weighted by Crippen LogP contribution is 2.39. The standard InChI is InChI=1S/C31H38N2O3Si.C25H24N2O2.C10H13IO2.2C10H11IO.C7H7IO.C7H7NO3.C7H9NO.C3H5Br/c1-23-27(15-13-25(31(23)35)11-8-18-34)26-14-17-30-28(21-26)29(16-12-24-9-6-5-7-10-24)32-33(30)22-36-19-20-37(2,3)4;1-17-21(12-10-19(25(17)29)8-5-15-28)20-11-14-24-22(16-20)23(26-27-24)13-9-18-6-3-2-4-7-18;1-7-9(11)5-4-8(10(7)13)3-2-6-12;1-3-7-12-10-6-4-5-9(11)8(10)2;1-3-4-8-5-6-9(11)7(2)10(8)12;1-5-6(8)3-2-4-7(5)9;1-5-6(8(10)11)3-2-4-7(5)9;1-5-6(8)3-2-4-7(5)9;1-2-3-4/h5-7,9-10,12-17,21,34-35H,8,11,18-20,22H2,1-4H3;2-4,6-7,9-14,16,28-29H,5,8,15H2,1H3,(H,26,27);4-5,12-13H,2-3,6H2,1H3;3-6H,1,7H2,2H3;3,5-6,12H,1,4H2,2H3;2-4,9H,1H3;2-4,9H,1H3;2-4,9H,8H2,1H3;2H,1,3H2/b16-12+;13-9+;;;;;;;. The molecule has 0 bridgehead atoms. The molecule has 0 amide bonds. The highest BCUT2D eigenvalue weighted by Gasteiger charge is 2.19. The second-order valence-corrected chi connectivity index (χ2v) is 43.5. The predicted octanol–water partition coefficient (Wildman–Crippen LogP) is 27.7. The summed E-state index contributed by atoms with van der Waals surface area (Å²) in [5.74, 6) is 2.94. The molecule has 0 spiro atoms. The maximum atomic E-state index is 10.8. The molecule has 26 heteroatoms. The number of phenolic OH excluding ortho intramolecular Hbond substituents is 7. The minimum atomic E-state index is -1.16. The maximum absolute atomic E-state index is 10.8. The van der Waals surface area contributed by atoms with E-state index in [4.69, 9.17) is 50.9 Å². The molecule has 136 heavy (non-hydrogen) atoms. The van der Waals surface area contributed by atoms with E-state index in [1.807, 2.05) is 161 Å². The number of nitrogens with one attached hydrogen (secondary N) is 1. The number of aliphatic hydroxyl groups is 3. The average Bonchev–Trinajstić information content (AvgIpc) is 1.61. The van der Waals surface area contributed by atoms with Crippen LogP contribution in [0.1, 0.15) is 109 Å². The maximum Gasteiger partial charge on any atom is 0.275 e. The molecular formula is C110H125BrI4N6O14Si. The Morgan fingerprint density at radius 2 is 0.919 bits per heavy atom. The summed E-state index contributed by atoms with van der Waals surface area (Å²) in [6.07, 6.45) is 18.3. The minimum absolute atomic E-state index is 0.0424. The molecule has 718 valence electrons. The van der Waals surface area contributed by atoms with Crippen LogP contribution in [-0.4, -0.2) is 122 Å². The lowest BCUT2D eigenvalue weighted by atomic mass is 9.94. The van der Waals surface area contributed by atoms with Gasteiger partial charge in [0.15, 0.2) is 0 Å². The van der Waals surface area contributed by atoms with Gasteiger partial charge in [-0.1, -0.05) is 206 Å². The molecule has 0 aliphatic carbocycles. The molecule has 20 nitrogen and oxygen atoms in total. The van der Waals surface area contributed by atoms with Crippen LogP contribution in [0.4, 0.5) is 11.4 Å². The summed E-state index contributed by atoms with van der Waals surface area (Å²) in [4.78, 5) is 9.75. The monoisotopic (exact) mass is 2370 g/mol. The Labute approximate surface area is 864 Å². The van der Waals surface area contributed by atoms with Crippen molar-refractivity contribution < 1.29 is 65.5 Å². The lowest BCUT2D eigenvalue weighted by Crippen LogP contribution is -2.22. The van der Waals surface area contributed by atoms with Crippen molar-refractivity contribution in [2.45, 2.75) is 133 Å². The molecular weight excluding hydrogens is 2240 g/mol. The fourth-order valence-electron chi connectivity index (χ4n) is 13.2. The Balaban J connectivity index is 0.000000253. The van der Waals surface area contributed by atoms with Gasteiger partial charge >= 0.3 is 0 Å². The van der Waals surface area contributed by atoms with E-state index >= 15 is 0 Å². The summed E-state index contributed by atoms with van der Waals surface area (Å²) >= 11 is 12.0. The van der Waals surface area contributed by atoms with Crippen LogP contribution < -0.4 is 10.5 Å². The molecule has 0 aliphatic rings. The van der Waals surface area contributed by atoms with Crippen LogP contribution >= 0.6 is 106 Å². The summed E-state index contributed by atoms with van der Waals surface area (Å²) in [6.45, 7) is 34.8. The van der Waals surface area contributed by atoms with Gasteiger partial charge in [0.25, 0.3) is 5.69 Å². The van der Waals surface area contributed by atoms with Gasteiger partial charge in [0.2, 0.25) is 0 Å². The van der Waals surface area contributed by atoms with Gasteiger partial charge in [-0.3, -0.25) is 15.2 Å². The number of aromatic nitrogens is 4. The third-order valence-electron chi connectivity index (χ3n) is 21.5. The van der Waals surface area contributed by atoms with Gasteiger partial charge in [0, 0.05) is 104 Å². The fourth-order valence-corrected chi connectivity index (χ4v) is 15.8. The Morgan fingerprint density at radius 3 is 1.38 bits per heavy atom. The van der Waals surface area contributed by atoms with Gasteiger partial charge in [-0.2, -0.15) is 10.2 Å². The molecule has 14 aromatic rings. The number of ether oxygens (including phenoxy) is 2. The third kappa shape index (κ3) is 36.0. The van der Waals surface area contributed by atoms with Crippen LogP contribution in [0, 0.1) is 79.8 Å². The first-order valence-corrected chi connectivity index (χ1v) is 53.2. The van der Waals surface area contributed by atoms with Crippen molar-refractivity contribution in [1.82, 2.24) is 20.0 Å². The van der Waals surface area contributed by atoms with Crippen molar-refractivity contribution in [1.29, 1.82) is 0 Å². The van der Waals surface area contributed by atoms with E-state index in [0.717, 1.165) is 169 Å². The molecule has 0 radical (unpaired) electrons. The molecule has 2 aromatic heterocycles. The summed E-state index contributed by atoms with van der Waals surface area (Å²) in [6, 6.07) is 70.7. The molecule has 0 saturated heterocycles. The molecule has 0 aliphatic heterocycles. The topological polar surface area (TPSA) is 336 Å². The molecule has 12 aromatic carbocycles. The highest BCUT2D eigenvalue weighted by molar-refractivity contribution is 14.1. The number of benzene rings is 12. The molecule has 13 N–H and O–H groups in total. The first kappa shape index (κ1) is 114. The van der Waals surface area contributed by atoms with Gasteiger partial charge in [0.1, 0.15) is 59.3 Å². The number of alkyl halides is 1. The minimum Gasteiger partial charge on any atom is -0.508 e. The highest BCUT2D eigenvalue weighted by atomic mass is 127. The van der Waals surface area contributed by atoms with Crippen LogP contribution in [0.3, 0.4) is 0 Å². The SMILES string of the molecule is C=CCBr.C=CCOc1cccc(I)c1C.C=CCc1ccc(I)c(C)c1O.Cc1c(-c2ccc3[nH]nc(/C=C/c4ccccc4)c3c2)ccc(CCCO)c1O.Cc1c(-c2ccc3c(c2)c(/C=C/c2ccccc2)nn3COCC[Si](C)(C)C)ccc(CCCO)c1O.Cc1c(I)ccc(CCCO)c1O.Cc1c(N)cccc1O.Cc1c(O)cccc1I.Cc1c(O)cccc1[N+](=O)[O-]. The number of rotatable bonds is 27. The number of H-pyrrole nitrogens is 1. The number of nitrogen functional groups attached to an aromatic ring is 1. The van der Waals surface area contributed by atoms with Gasteiger partial charge in [-0.25, -0.2) is 4.68 Å². The number of fused-ring (bicyclic) bond motifs is 2. The van der Waals surface area contributed by atoms with Crippen molar-refractivity contribution in [2.24, 2.45) is 0 Å². The predicted molar refractivity (Wildman–Crippen MR) is 601 cm³/mol. The van der Waals surface area contributed by atoms with Crippen molar-refractivity contribution in [3.63, 3.8) is 0 Å². The van der Waals surface area contributed by atoms with E-state index in [0.29, 0.717) is 85.4 Å². The Morgan fingerprint density at radius 1 is 0.478 bits per heavy atom. The second kappa shape index (κ2) is 59.5. The van der Waals surface area contributed by atoms with Gasteiger partial charge in [-0.15, -0.1) is 13.2 Å². The molecule has 14 rings (SSSR count). The van der Waals surface area contributed by atoms with E-state index < -0.39 is 13.0 Å². The van der Waals surface area contributed by atoms with Crippen LogP contribution in [0.5, 0.6) is 46.0 Å².